The number of benzene rings is 1. The van der Waals surface area contributed by atoms with Gasteiger partial charge in [-0.1, -0.05) is 18.2 Å². The minimum Gasteiger partial charge on any atom is -0.494 e. The van der Waals surface area contributed by atoms with Gasteiger partial charge >= 0.3 is 0 Å². The second kappa shape index (κ2) is 8.05. The van der Waals surface area contributed by atoms with Crippen LogP contribution in [-0.4, -0.2) is 24.7 Å². The van der Waals surface area contributed by atoms with E-state index in [2.05, 4.69) is 17.6 Å². The van der Waals surface area contributed by atoms with Crippen molar-refractivity contribution in [2.75, 3.05) is 18.9 Å². The lowest BCUT2D eigenvalue weighted by Gasteiger charge is -2.04. The van der Waals surface area contributed by atoms with Crippen LogP contribution in [0.2, 0.25) is 0 Å². The molecule has 0 amide bonds. The van der Waals surface area contributed by atoms with E-state index in [0.717, 1.165) is 31.7 Å². The van der Waals surface area contributed by atoms with Gasteiger partial charge in [0.1, 0.15) is 11.6 Å². The molecule has 88 valence electrons. The fourth-order valence-corrected chi connectivity index (χ4v) is 1.29. The lowest BCUT2D eigenvalue weighted by molar-refractivity contribution is 0.308. The number of aliphatic imine (C=N–C) groups is 1. The summed E-state index contributed by atoms with van der Waals surface area (Å²) < 4.78 is 5.54. The molecule has 0 spiro atoms. The predicted octanol–water partition coefficient (Wildman–Crippen LogP) is 2.13. The Hall–Kier alpha value is -1.16. The highest BCUT2D eigenvalue weighted by Gasteiger charge is 1.92. The van der Waals surface area contributed by atoms with Crippen LogP contribution in [0.25, 0.3) is 0 Å². The predicted molar refractivity (Wildman–Crippen MR) is 71.5 cm³/mol. The Morgan fingerprint density at radius 3 is 2.69 bits per heavy atom. The van der Waals surface area contributed by atoms with Gasteiger partial charge in [0, 0.05) is 12.3 Å². The average Bonchev–Trinajstić information content (AvgIpc) is 2.34. The molecule has 0 saturated heterocycles. The number of unbranched alkanes of at least 4 members (excludes halogenated alkanes) is 1. The maximum absolute atomic E-state index is 5.54. The summed E-state index contributed by atoms with van der Waals surface area (Å²) >= 11 is 4.03. The summed E-state index contributed by atoms with van der Waals surface area (Å²) in [5.74, 6) is 2.05. The van der Waals surface area contributed by atoms with Crippen molar-refractivity contribution in [3.05, 3.63) is 30.3 Å². The summed E-state index contributed by atoms with van der Waals surface area (Å²) in [6.45, 7) is 1.48. The monoisotopic (exact) mass is 238 g/mol. The number of hydrogen-bond donors (Lipinski definition) is 2. The van der Waals surface area contributed by atoms with Crippen molar-refractivity contribution in [1.82, 2.24) is 0 Å². The first kappa shape index (κ1) is 12.9. The highest BCUT2D eigenvalue weighted by molar-refractivity contribution is 7.81. The lowest BCUT2D eigenvalue weighted by Crippen LogP contribution is -2.13. The van der Waals surface area contributed by atoms with Gasteiger partial charge in [-0.2, -0.15) is 12.6 Å². The summed E-state index contributed by atoms with van der Waals surface area (Å²) in [5, 5.41) is 0. The minimum absolute atomic E-state index is 0.528. The molecular weight excluding hydrogens is 220 g/mol. The topological polar surface area (TPSA) is 47.6 Å². The van der Waals surface area contributed by atoms with Gasteiger partial charge in [-0.15, -0.1) is 0 Å². The zero-order chi connectivity index (χ0) is 11.6. The number of nitrogens with zero attached hydrogens (tertiary/aromatic N) is 1. The second-order valence-electron chi connectivity index (χ2n) is 3.40. The van der Waals surface area contributed by atoms with Crippen LogP contribution in [0.3, 0.4) is 0 Å². The van der Waals surface area contributed by atoms with Crippen LogP contribution in [-0.2, 0) is 0 Å². The Labute approximate surface area is 102 Å². The van der Waals surface area contributed by atoms with Crippen LogP contribution in [0.5, 0.6) is 5.75 Å². The molecule has 0 aromatic heterocycles. The number of thiol groups is 1. The molecule has 1 rings (SSSR count). The molecule has 0 radical (unpaired) electrons. The Morgan fingerprint density at radius 1 is 1.25 bits per heavy atom. The molecule has 3 nitrogen and oxygen atoms in total. The number of hydrogen-bond acceptors (Lipinski definition) is 3. The van der Waals surface area contributed by atoms with Gasteiger partial charge in [-0.25, -0.2) is 0 Å². The van der Waals surface area contributed by atoms with Crippen molar-refractivity contribution >= 4 is 18.5 Å². The van der Waals surface area contributed by atoms with Crippen molar-refractivity contribution in [3.63, 3.8) is 0 Å². The third-order valence-corrected chi connectivity index (χ3v) is 2.37. The third kappa shape index (κ3) is 5.66. The zero-order valence-corrected chi connectivity index (χ0v) is 10.2. The van der Waals surface area contributed by atoms with Gasteiger partial charge in [0.15, 0.2) is 0 Å². The first-order valence-electron chi connectivity index (χ1n) is 5.40. The largest absolute Gasteiger partial charge is 0.494 e. The lowest BCUT2D eigenvalue weighted by atomic mass is 10.3. The average molecular weight is 238 g/mol. The van der Waals surface area contributed by atoms with Crippen LogP contribution >= 0.6 is 12.6 Å². The summed E-state index contributed by atoms with van der Waals surface area (Å²) in [4.78, 5) is 4.15. The second-order valence-corrected chi connectivity index (χ2v) is 3.72. The van der Waals surface area contributed by atoms with E-state index >= 15 is 0 Å². The van der Waals surface area contributed by atoms with Crippen LogP contribution in [0.15, 0.2) is 35.3 Å². The number of para-hydroxylation sites is 1. The number of rotatable bonds is 7. The maximum Gasteiger partial charge on any atom is 0.119 e. The third-order valence-electron chi connectivity index (χ3n) is 2.04. The Kier molecular flexibility index (Phi) is 6.49. The molecule has 0 aliphatic carbocycles. The fourth-order valence-electron chi connectivity index (χ4n) is 1.19. The first-order chi connectivity index (χ1) is 7.83. The van der Waals surface area contributed by atoms with Crippen LogP contribution in [0.4, 0.5) is 0 Å². The number of amidine groups is 1. The Morgan fingerprint density at radius 2 is 2.00 bits per heavy atom. The van der Waals surface area contributed by atoms with Crippen molar-refractivity contribution < 1.29 is 4.74 Å². The summed E-state index contributed by atoms with van der Waals surface area (Å²) in [6.07, 6.45) is 1.97. The standard InChI is InChI=1S/C12H18N2OS/c13-12(10-16)14-8-4-5-9-15-11-6-2-1-3-7-11/h1-3,6-7,16H,4-5,8-10H2,(H2,13,14). The summed E-state index contributed by atoms with van der Waals surface area (Å²) in [7, 11) is 0. The van der Waals surface area contributed by atoms with E-state index in [9.17, 15) is 0 Å². The molecule has 1 aromatic carbocycles. The van der Waals surface area contributed by atoms with Crippen molar-refractivity contribution in [2.24, 2.45) is 10.7 Å². The molecule has 16 heavy (non-hydrogen) atoms. The normalized spacial score (nSPS) is 11.4. The molecular formula is C12H18N2OS. The van der Waals surface area contributed by atoms with Crippen LogP contribution in [0.1, 0.15) is 12.8 Å². The molecule has 1 aromatic rings. The van der Waals surface area contributed by atoms with E-state index in [4.69, 9.17) is 10.5 Å². The van der Waals surface area contributed by atoms with Gasteiger partial charge in [-0.3, -0.25) is 4.99 Å². The molecule has 0 aliphatic rings. The fraction of sp³-hybridized carbons (Fsp3) is 0.417. The molecule has 0 saturated carbocycles. The zero-order valence-electron chi connectivity index (χ0n) is 9.30. The van der Waals surface area contributed by atoms with Crippen molar-refractivity contribution in [1.29, 1.82) is 0 Å². The molecule has 2 N–H and O–H groups in total. The van der Waals surface area contributed by atoms with E-state index in [1.54, 1.807) is 0 Å². The summed E-state index contributed by atoms with van der Waals surface area (Å²) in [6, 6.07) is 9.82. The minimum atomic E-state index is 0.528. The maximum atomic E-state index is 5.54. The van der Waals surface area contributed by atoms with Gasteiger partial charge in [-0.05, 0) is 25.0 Å². The van der Waals surface area contributed by atoms with E-state index < -0.39 is 0 Å². The molecule has 0 heterocycles. The smallest absolute Gasteiger partial charge is 0.119 e. The highest BCUT2D eigenvalue weighted by Crippen LogP contribution is 2.08. The number of ether oxygens (including phenoxy) is 1. The van der Waals surface area contributed by atoms with Crippen LogP contribution in [0, 0.1) is 0 Å². The van der Waals surface area contributed by atoms with Gasteiger partial charge < -0.3 is 10.5 Å². The van der Waals surface area contributed by atoms with Crippen molar-refractivity contribution in [3.8, 4) is 5.75 Å². The van der Waals surface area contributed by atoms with Gasteiger partial charge in [0.2, 0.25) is 0 Å². The molecule has 0 atom stereocenters. The van der Waals surface area contributed by atoms with Crippen LogP contribution < -0.4 is 10.5 Å². The first-order valence-corrected chi connectivity index (χ1v) is 6.03. The molecule has 4 heteroatoms. The molecule has 0 aliphatic heterocycles. The van der Waals surface area contributed by atoms with E-state index in [-0.39, 0.29) is 0 Å². The van der Waals surface area contributed by atoms with Gasteiger partial charge in [0.25, 0.3) is 0 Å². The molecule has 0 unspecified atom stereocenters. The molecule has 0 fully saturated rings. The summed E-state index contributed by atoms with van der Waals surface area (Å²) in [5.41, 5.74) is 5.52. The Balaban J connectivity index is 2.05. The van der Waals surface area contributed by atoms with E-state index in [0.29, 0.717) is 11.6 Å². The van der Waals surface area contributed by atoms with E-state index in [1.807, 2.05) is 30.3 Å². The quantitative estimate of drug-likeness (QED) is 0.331. The Bertz CT molecular complexity index is 314. The van der Waals surface area contributed by atoms with Gasteiger partial charge in [0.05, 0.1) is 6.61 Å². The highest BCUT2D eigenvalue weighted by atomic mass is 32.1. The SMILES string of the molecule is NC(CS)=NCCCCOc1ccccc1. The van der Waals surface area contributed by atoms with E-state index in [1.165, 1.54) is 0 Å². The van der Waals surface area contributed by atoms with Crippen molar-refractivity contribution in [2.45, 2.75) is 12.8 Å². The number of nitrogens with two attached hydrogens (primary N) is 1. The molecule has 0 bridgehead atoms.